The van der Waals surface area contributed by atoms with Crippen molar-refractivity contribution in [2.45, 2.75) is 25.0 Å². The average molecular weight is 409 g/mol. The number of rotatable bonds is 5. The summed E-state index contributed by atoms with van der Waals surface area (Å²) < 4.78 is 27.9. The highest BCUT2D eigenvalue weighted by atomic mass is 35.5. The van der Waals surface area contributed by atoms with E-state index in [1.807, 2.05) is 13.8 Å². The number of halogens is 3. The summed E-state index contributed by atoms with van der Waals surface area (Å²) in [5.41, 5.74) is 0.269. The number of carbonyl (C=O) groups excluding carboxylic acids is 1. The Bertz CT molecular complexity index is 1100. The first-order valence-corrected chi connectivity index (χ1v) is 9.47. The molecule has 3 aromatic rings. The van der Waals surface area contributed by atoms with Gasteiger partial charge in [0.05, 0.1) is 16.7 Å². The zero-order chi connectivity index (χ0) is 19.7. The first kappa shape index (κ1) is 19.5. The molecule has 0 spiro atoms. The van der Waals surface area contributed by atoms with Gasteiger partial charge in [-0.25, -0.2) is 13.8 Å². The van der Waals surface area contributed by atoms with E-state index in [-0.39, 0.29) is 22.9 Å². The second kappa shape index (κ2) is 7.78. The van der Waals surface area contributed by atoms with Gasteiger partial charge in [0, 0.05) is 16.6 Å². The first-order valence-electron chi connectivity index (χ1n) is 8.10. The summed E-state index contributed by atoms with van der Waals surface area (Å²) in [6, 6.07) is 7.65. The molecule has 1 heterocycles. The molecule has 4 nitrogen and oxygen atoms in total. The fourth-order valence-corrected chi connectivity index (χ4v) is 3.78. The molecule has 0 fully saturated rings. The smallest absolute Gasteiger partial charge is 0.262 e. The van der Waals surface area contributed by atoms with Crippen LogP contribution in [-0.4, -0.2) is 21.1 Å². The lowest BCUT2D eigenvalue weighted by atomic mass is 10.1. The Hall–Kier alpha value is -2.25. The maximum absolute atomic E-state index is 13.3. The van der Waals surface area contributed by atoms with Crippen LogP contribution in [0.1, 0.15) is 30.2 Å². The number of hydrogen-bond donors (Lipinski definition) is 0. The fourth-order valence-electron chi connectivity index (χ4n) is 2.59. The molecule has 0 bridgehead atoms. The molecule has 0 aliphatic carbocycles. The van der Waals surface area contributed by atoms with Crippen molar-refractivity contribution in [2.24, 2.45) is 0 Å². The van der Waals surface area contributed by atoms with E-state index in [0.29, 0.717) is 21.1 Å². The molecule has 0 N–H and O–H groups in total. The molecule has 0 aliphatic rings. The molecule has 27 heavy (non-hydrogen) atoms. The third-order valence-electron chi connectivity index (χ3n) is 3.92. The summed E-state index contributed by atoms with van der Waals surface area (Å²) >= 11 is 7.05. The molecule has 0 unspecified atom stereocenters. The van der Waals surface area contributed by atoms with E-state index in [2.05, 4.69) is 4.98 Å². The number of thioether (sulfide) groups is 1. The highest BCUT2D eigenvalue weighted by Crippen LogP contribution is 2.23. The highest BCUT2D eigenvalue weighted by molar-refractivity contribution is 7.99. The van der Waals surface area contributed by atoms with Gasteiger partial charge in [-0.15, -0.1) is 0 Å². The number of fused-ring (bicyclic) bond motifs is 1. The predicted molar refractivity (Wildman–Crippen MR) is 103 cm³/mol. The van der Waals surface area contributed by atoms with Crippen LogP contribution in [0.25, 0.3) is 10.9 Å². The minimum Gasteiger partial charge on any atom is -0.293 e. The zero-order valence-electron chi connectivity index (χ0n) is 14.5. The zero-order valence-corrected chi connectivity index (χ0v) is 16.1. The maximum Gasteiger partial charge on any atom is 0.262 e. The first-order chi connectivity index (χ1) is 12.8. The minimum absolute atomic E-state index is 0.0590. The fraction of sp³-hybridized carbons (Fsp3) is 0.211. The van der Waals surface area contributed by atoms with E-state index < -0.39 is 17.4 Å². The Labute approximate surface area is 163 Å². The van der Waals surface area contributed by atoms with E-state index in [0.717, 1.165) is 23.9 Å². The van der Waals surface area contributed by atoms with Crippen LogP contribution in [0.15, 0.2) is 46.3 Å². The Kier molecular flexibility index (Phi) is 5.62. The van der Waals surface area contributed by atoms with Crippen molar-refractivity contribution in [1.82, 2.24) is 9.55 Å². The summed E-state index contributed by atoms with van der Waals surface area (Å²) in [6.45, 7) is 3.68. The van der Waals surface area contributed by atoms with Gasteiger partial charge in [-0.05, 0) is 50.2 Å². The predicted octanol–water partition coefficient (Wildman–Crippen LogP) is 4.88. The molecular formula is C19H15ClF2N2O2S. The van der Waals surface area contributed by atoms with Gasteiger partial charge < -0.3 is 0 Å². The Balaban J connectivity index is 1.95. The number of nitrogens with zero attached hydrogens (tertiary/aromatic N) is 2. The second-order valence-electron chi connectivity index (χ2n) is 6.17. The summed E-state index contributed by atoms with van der Waals surface area (Å²) in [5, 5.41) is 1.25. The molecule has 0 saturated carbocycles. The molecule has 0 saturated heterocycles. The lowest BCUT2D eigenvalue weighted by molar-refractivity contribution is 0.102. The quantitative estimate of drug-likeness (QED) is 0.343. The largest absolute Gasteiger partial charge is 0.293 e. The van der Waals surface area contributed by atoms with E-state index in [1.54, 1.807) is 18.2 Å². The van der Waals surface area contributed by atoms with Crippen molar-refractivity contribution < 1.29 is 13.6 Å². The SMILES string of the molecule is CC(C)n1c(SCC(=O)c2ccc(F)c(F)c2)nc2cc(Cl)ccc2c1=O. The van der Waals surface area contributed by atoms with Crippen LogP contribution < -0.4 is 5.56 Å². The van der Waals surface area contributed by atoms with Gasteiger partial charge in [0.15, 0.2) is 22.6 Å². The standard InChI is InChI=1S/C19H15ClF2N2O2S/c1-10(2)24-18(26)13-5-4-12(20)8-16(13)23-19(24)27-9-17(25)11-3-6-14(21)15(22)7-11/h3-8,10H,9H2,1-2H3. The summed E-state index contributed by atoms with van der Waals surface area (Å²) in [4.78, 5) is 29.6. The van der Waals surface area contributed by atoms with Crippen LogP contribution in [0, 0.1) is 11.6 Å². The van der Waals surface area contributed by atoms with Gasteiger partial charge in [0.1, 0.15) is 0 Å². The molecule has 1 aromatic heterocycles. The lowest BCUT2D eigenvalue weighted by Gasteiger charge is -2.16. The second-order valence-corrected chi connectivity index (χ2v) is 7.54. The van der Waals surface area contributed by atoms with Crippen LogP contribution in [0.2, 0.25) is 5.02 Å². The molecule has 140 valence electrons. The van der Waals surface area contributed by atoms with Gasteiger partial charge in [-0.1, -0.05) is 23.4 Å². The Morgan fingerprint density at radius 1 is 1.19 bits per heavy atom. The summed E-state index contributed by atoms with van der Waals surface area (Å²) in [5.74, 6) is -2.56. The molecule has 0 atom stereocenters. The van der Waals surface area contributed by atoms with Crippen LogP contribution in [-0.2, 0) is 0 Å². The molecule has 0 aliphatic heterocycles. The van der Waals surface area contributed by atoms with Gasteiger partial charge in [0.25, 0.3) is 5.56 Å². The average Bonchev–Trinajstić information content (AvgIpc) is 2.61. The maximum atomic E-state index is 13.3. The van der Waals surface area contributed by atoms with Crippen LogP contribution >= 0.6 is 23.4 Å². The van der Waals surface area contributed by atoms with E-state index in [9.17, 15) is 18.4 Å². The van der Waals surface area contributed by atoms with E-state index in [4.69, 9.17) is 11.6 Å². The number of aromatic nitrogens is 2. The number of benzene rings is 2. The van der Waals surface area contributed by atoms with Crippen LogP contribution in [0.5, 0.6) is 0 Å². The number of hydrogen-bond acceptors (Lipinski definition) is 4. The minimum atomic E-state index is -1.08. The third-order valence-corrected chi connectivity index (χ3v) is 5.11. The van der Waals surface area contributed by atoms with Crippen molar-refractivity contribution in [1.29, 1.82) is 0 Å². The molecular weight excluding hydrogens is 394 g/mol. The highest BCUT2D eigenvalue weighted by Gasteiger charge is 2.17. The van der Waals surface area contributed by atoms with E-state index in [1.165, 1.54) is 10.6 Å². The van der Waals surface area contributed by atoms with Crippen molar-refractivity contribution in [2.75, 3.05) is 5.75 Å². The van der Waals surface area contributed by atoms with Crippen molar-refractivity contribution in [3.63, 3.8) is 0 Å². The normalized spacial score (nSPS) is 11.3. The molecule has 8 heteroatoms. The third kappa shape index (κ3) is 4.04. The number of ketones is 1. The van der Waals surface area contributed by atoms with Crippen molar-refractivity contribution in [3.8, 4) is 0 Å². The Morgan fingerprint density at radius 3 is 2.59 bits per heavy atom. The van der Waals surface area contributed by atoms with Crippen molar-refractivity contribution in [3.05, 3.63) is 69.0 Å². The van der Waals surface area contributed by atoms with Gasteiger partial charge >= 0.3 is 0 Å². The molecule has 3 rings (SSSR count). The van der Waals surface area contributed by atoms with Crippen LogP contribution in [0.4, 0.5) is 8.78 Å². The number of carbonyl (C=O) groups is 1. The van der Waals surface area contributed by atoms with Gasteiger partial charge in [-0.2, -0.15) is 0 Å². The molecule has 2 aromatic carbocycles. The van der Waals surface area contributed by atoms with Gasteiger partial charge in [0.2, 0.25) is 0 Å². The topological polar surface area (TPSA) is 52.0 Å². The Morgan fingerprint density at radius 2 is 1.93 bits per heavy atom. The van der Waals surface area contributed by atoms with Gasteiger partial charge in [-0.3, -0.25) is 14.2 Å². The summed E-state index contributed by atoms with van der Waals surface area (Å²) in [7, 11) is 0. The lowest BCUT2D eigenvalue weighted by Crippen LogP contribution is -2.25. The monoisotopic (exact) mass is 408 g/mol. The summed E-state index contributed by atoms with van der Waals surface area (Å²) in [6.07, 6.45) is 0. The van der Waals surface area contributed by atoms with E-state index >= 15 is 0 Å². The number of Topliss-reactive ketones (excluding diaryl/α,β-unsaturated/α-hetero) is 1. The molecule has 0 radical (unpaired) electrons. The molecule has 0 amide bonds. The van der Waals surface area contributed by atoms with Crippen LogP contribution in [0.3, 0.4) is 0 Å². The van der Waals surface area contributed by atoms with Crippen molar-refractivity contribution >= 4 is 40.0 Å².